The fourth-order valence-electron chi connectivity index (χ4n) is 4.17. The number of rotatable bonds is 5. The molecule has 5 rings (SSSR count). The zero-order valence-corrected chi connectivity index (χ0v) is 18.0. The second kappa shape index (κ2) is 8.67. The van der Waals surface area contributed by atoms with E-state index < -0.39 is 17.6 Å². The fraction of sp³-hybridized carbons (Fsp3) is 0.111. The molecule has 0 radical (unpaired) electrons. The van der Waals surface area contributed by atoms with Gasteiger partial charge >= 0.3 is 6.18 Å². The van der Waals surface area contributed by atoms with Gasteiger partial charge < -0.3 is 9.88 Å². The number of carbonyl (C=O) groups excluding carboxylic acids is 1. The molecule has 0 aliphatic heterocycles. The van der Waals surface area contributed by atoms with Gasteiger partial charge in [0.25, 0.3) is 0 Å². The van der Waals surface area contributed by atoms with Gasteiger partial charge in [0.1, 0.15) is 12.4 Å². The first-order valence-electron chi connectivity index (χ1n) is 10.8. The van der Waals surface area contributed by atoms with Crippen LogP contribution in [0.1, 0.15) is 17.0 Å². The minimum absolute atomic E-state index is 0.0726. The summed E-state index contributed by atoms with van der Waals surface area (Å²) < 4.78 is 40.9. The number of halogens is 3. The summed E-state index contributed by atoms with van der Waals surface area (Å²) in [5.41, 5.74) is 1.91. The molecule has 0 saturated carbocycles. The molecule has 1 aromatic heterocycles. The maximum atomic E-state index is 13.0. The van der Waals surface area contributed by atoms with E-state index in [4.69, 9.17) is 4.98 Å². The number of amides is 1. The van der Waals surface area contributed by atoms with E-state index in [-0.39, 0.29) is 12.2 Å². The molecule has 170 valence electrons. The van der Waals surface area contributed by atoms with Gasteiger partial charge in [0.2, 0.25) is 5.91 Å². The molecule has 0 spiro atoms. The highest BCUT2D eigenvalue weighted by Crippen LogP contribution is 2.31. The van der Waals surface area contributed by atoms with Crippen LogP contribution in [0.25, 0.3) is 21.8 Å². The van der Waals surface area contributed by atoms with Crippen LogP contribution in [-0.2, 0) is 23.9 Å². The summed E-state index contributed by atoms with van der Waals surface area (Å²) in [6, 6.07) is 26.3. The molecule has 5 aromatic rings. The molecule has 0 fully saturated rings. The maximum Gasteiger partial charge on any atom is 0.416 e. The number of benzene rings is 4. The Morgan fingerprint density at radius 1 is 0.882 bits per heavy atom. The Balaban J connectivity index is 1.46. The van der Waals surface area contributed by atoms with E-state index in [1.807, 2.05) is 65.2 Å². The number of hydrogen-bond donors (Lipinski definition) is 1. The normalized spacial score (nSPS) is 11.7. The first kappa shape index (κ1) is 21.7. The lowest BCUT2D eigenvalue weighted by atomic mass is 10.0. The quantitative estimate of drug-likeness (QED) is 0.329. The van der Waals surface area contributed by atoms with Gasteiger partial charge in [0, 0.05) is 12.1 Å². The van der Waals surface area contributed by atoms with E-state index in [0.717, 1.165) is 39.5 Å². The van der Waals surface area contributed by atoms with Crippen molar-refractivity contribution >= 4 is 33.4 Å². The average molecular weight is 459 g/mol. The number of aromatic nitrogens is 2. The minimum atomic E-state index is -4.48. The fourth-order valence-corrected chi connectivity index (χ4v) is 4.17. The van der Waals surface area contributed by atoms with Crippen molar-refractivity contribution in [2.24, 2.45) is 0 Å². The maximum absolute atomic E-state index is 13.0. The molecule has 1 heterocycles. The Morgan fingerprint density at radius 2 is 1.62 bits per heavy atom. The number of nitrogens with zero attached hydrogens (tertiary/aromatic N) is 2. The van der Waals surface area contributed by atoms with Crippen molar-refractivity contribution in [3.05, 3.63) is 108 Å². The molecular formula is C27H20F3N3O. The number of carbonyl (C=O) groups is 1. The van der Waals surface area contributed by atoms with Crippen LogP contribution in [0.15, 0.2) is 91.0 Å². The predicted octanol–water partition coefficient (Wildman–Crippen LogP) is 6.44. The van der Waals surface area contributed by atoms with Gasteiger partial charge in [-0.25, -0.2) is 4.98 Å². The van der Waals surface area contributed by atoms with E-state index in [2.05, 4.69) is 11.4 Å². The Hall–Kier alpha value is -4.13. The van der Waals surface area contributed by atoms with Crippen LogP contribution in [0.4, 0.5) is 18.9 Å². The van der Waals surface area contributed by atoms with Crippen LogP contribution in [0.3, 0.4) is 0 Å². The van der Waals surface area contributed by atoms with E-state index in [1.165, 1.54) is 12.1 Å². The number of imidazole rings is 1. The Kier molecular flexibility index (Phi) is 5.53. The molecule has 0 atom stereocenters. The van der Waals surface area contributed by atoms with Crippen molar-refractivity contribution < 1.29 is 18.0 Å². The van der Waals surface area contributed by atoms with Gasteiger partial charge in [-0.05, 0) is 46.7 Å². The summed E-state index contributed by atoms with van der Waals surface area (Å²) in [4.78, 5) is 17.6. The SMILES string of the molecule is O=C(Cn1c(Cc2cccc3ccccc23)nc2ccccc21)Nc1cccc(C(F)(F)F)c1. The molecule has 1 amide bonds. The van der Waals surface area contributed by atoms with Gasteiger partial charge in [-0.1, -0.05) is 60.7 Å². The van der Waals surface area contributed by atoms with Crippen LogP contribution in [-0.4, -0.2) is 15.5 Å². The highest BCUT2D eigenvalue weighted by molar-refractivity contribution is 5.92. The molecule has 0 unspecified atom stereocenters. The van der Waals surface area contributed by atoms with Crippen LogP contribution < -0.4 is 5.32 Å². The third kappa shape index (κ3) is 4.37. The number of fused-ring (bicyclic) bond motifs is 2. The number of para-hydroxylation sites is 2. The van der Waals surface area contributed by atoms with Crippen molar-refractivity contribution in [3.63, 3.8) is 0 Å². The molecule has 0 saturated heterocycles. The van der Waals surface area contributed by atoms with Gasteiger partial charge in [0.15, 0.2) is 0 Å². The molecule has 1 N–H and O–H groups in total. The summed E-state index contributed by atoms with van der Waals surface area (Å²) in [6.07, 6.45) is -3.97. The van der Waals surface area contributed by atoms with Crippen LogP contribution >= 0.6 is 0 Å². The molecule has 4 nitrogen and oxygen atoms in total. The van der Waals surface area contributed by atoms with Crippen molar-refractivity contribution in [1.82, 2.24) is 9.55 Å². The second-order valence-electron chi connectivity index (χ2n) is 8.04. The third-order valence-electron chi connectivity index (χ3n) is 5.74. The Labute approximate surface area is 193 Å². The van der Waals surface area contributed by atoms with E-state index in [9.17, 15) is 18.0 Å². The third-order valence-corrected chi connectivity index (χ3v) is 5.74. The van der Waals surface area contributed by atoms with E-state index in [1.54, 1.807) is 0 Å². The van der Waals surface area contributed by atoms with Gasteiger partial charge in [-0.15, -0.1) is 0 Å². The lowest BCUT2D eigenvalue weighted by Gasteiger charge is -2.13. The topological polar surface area (TPSA) is 46.9 Å². The van der Waals surface area contributed by atoms with Crippen LogP contribution in [0, 0.1) is 0 Å². The lowest BCUT2D eigenvalue weighted by Crippen LogP contribution is -2.20. The minimum Gasteiger partial charge on any atom is -0.325 e. The monoisotopic (exact) mass is 459 g/mol. The van der Waals surface area contributed by atoms with Crippen molar-refractivity contribution in [3.8, 4) is 0 Å². The highest BCUT2D eigenvalue weighted by atomic mass is 19.4. The zero-order chi connectivity index (χ0) is 23.7. The standard InChI is InChI=1S/C27H20F3N3O/c28-27(29,30)20-10-6-11-21(16-20)31-26(34)17-33-24-14-4-3-13-23(24)32-25(33)15-19-9-5-8-18-7-1-2-12-22(18)19/h1-14,16H,15,17H2,(H,31,34). The Bertz CT molecular complexity index is 1500. The molecule has 0 bridgehead atoms. The first-order chi connectivity index (χ1) is 16.4. The van der Waals surface area contributed by atoms with Gasteiger partial charge in [-0.2, -0.15) is 13.2 Å². The number of hydrogen-bond acceptors (Lipinski definition) is 2. The van der Waals surface area contributed by atoms with E-state index >= 15 is 0 Å². The summed E-state index contributed by atoms with van der Waals surface area (Å²) in [5.74, 6) is 0.276. The van der Waals surface area contributed by atoms with Crippen molar-refractivity contribution in [2.75, 3.05) is 5.32 Å². The molecular weight excluding hydrogens is 439 g/mol. The molecule has 0 aliphatic carbocycles. The molecule has 7 heteroatoms. The van der Waals surface area contributed by atoms with Crippen LogP contribution in [0.2, 0.25) is 0 Å². The van der Waals surface area contributed by atoms with Crippen molar-refractivity contribution in [2.45, 2.75) is 19.1 Å². The number of alkyl halides is 3. The average Bonchev–Trinajstić information content (AvgIpc) is 3.16. The second-order valence-corrected chi connectivity index (χ2v) is 8.04. The molecule has 34 heavy (non-hydrogen) atoms. The largest absolute Gasteiger partial charge is 0.416 e. The molecule has 0 aliphatic rings. The van der Waals surface area contributed by atoms with Crippen molar-refractivity contribution in [1.29, 1.82) is 0 Å². The first-order valence-corrected chi connectivity index (χ1v) is 10.8. The summed E-state index contributed by atoms with van der Waals surface area (Å²) >= 11 is 0. The van der Waals surface area contributed by atoms with Crippen LogP contribution in [0.5, 0.6) is 0 Å². The lowest BCUT2D eigenvalue weighted by molar-refractivity contribution is -0.137. The summed E-state index contributed by atoms with van der Waals surface area (Å²) in [5, 5.41) is 4.81. The highest BCUT2D eigenvalue weighted by Gasteiger charge is 2.30. The molecule has 4 aromatic carbocycles. The van der Waals surface area contributed by atoms with E-state index in [0.29, 0.717) is 12.2 Å². The van der Waals surface area contributed by atoms with Gasteiger partial charge in [0.05, 0.1) is 16.6 Å². The number of nitrogens with one attached hydrogen (secondary N) is 1. The summed E-state index contributed by atoms with van der Waals surface area (Å²) in [7, 11) is 0. The zero-order valence-electron chi connectivity index (χ0n) is 18.0. The summed E-state index contributed by atoms with van der Waals surface area (Å²) in [6.45, 7) is -0.0726. The Morgan fingerprint density at radius 3 is 2.47 bits per heavy atom. The number of anilines is 1. The smallest absolute Gasteiger partial charge is 0.325 e. The van der Waals surface area contributed by atoms with Gasteiger partial charge in [-0.3, -0.25) is 4.79 Å². The predicted molar refractivity (Wildman–Crippen MR) is 127 cm³/mol.